The van der Waals surface area contributed by atoms with E-state index in [0.29, 0.717) is 41.2 Å². The first-order chi connectivity index (χ1) is 19.7. The number of halogens is 2. The van der Waals surface area contributed by atoms with Crippen molar-refractivity contribution in [3.63, 3.8) is 0 Å². The highest BCUT2D eigenvalue weighted by Crippen LogP contribution is 2.45. The lowest BCUT2D eigenvalue weighted by atomic mass is 9.85. The average molecular weight is 596 g/mol. The molecule has 2 unspecified atom stereocenters. The Morgan fingerprint density at radius 2 is 1.54 bits per heavy atom. The van der Waals surface area contributed by atoms with Crippen LogP contribution in [0.15, 0.2) is 64.2 Å². The van der Waals surface area contributed by atoms with Gasteiger partial charge in [-0.05, 0) is 31.0 Å². The highest BCUT2D eigenvalue weighted by Gasteiger charge is 2.55. The van der Waals surface area contributed by atoms with E-state index in [4.69, 9.17) is 0 Å². The number of hydrogen-bond acceptors (Lipinski definition) is 6. The van der Waals surface area contributed by atoms with Gasteiger partial charge in [0.05, 0.1) is 10.8 Å². The fourth-order valence-electron chi connectivity index (χ4n) is 5.70. The quantitative estimate of drug-likeness (QED) is 0.491. The average Bonchev–Trinajstić information content (AvgIpc) is 3.39. The number of rotatable bonds is 5. The lowest BCUT2D eigenvalue weighted by Crippen LogP contribution is -2.53. The molecule has 4 aliphatic heterocycles. The summed E-state index contributed by atoms with van der Waals surface area (Å²) in [4.78, 5) is 31.3. The van der Waals surface area contributed by atoms with E-state index in [1.165, 1.54) is 36.0 Å². The zero-order chi connectivity index (χ0) is 28.9. The molecule has 0 bridgehead atoms. The van der Waals surface area contributed by atoms with Crippen molar-refractivity contribution < 1.29 is 32.9 Å². The van der Waals surface area contributed by atoms with Gasteiger partial charge in [-0.1, -0.05) is 29.8 Å². The fraction of sp³-hybridized carbons (Fsp3) is 0.321. The van der Waals surface area contributed by atoms with Crippen LogP contribution >= 0.6 is 23.5 Å². The van der Waals surface area contributed by atoms with Gasteiger partial charge in [-0.3, -0.25) is 9.98 Å². The minimum atomic E-state index is -4.35. The van der Waals surface area contributed by atoms with Crippen LogP contribution in [0.5, 0.6) is 0 Å². The van der Waals surface area contributed by atoms with E-state index in [0.717, 1.165) is 20.1 Å². The Hall–Kier alpha value is -3.45. The van der Waals surface area contributed by atoms with Gasteiger partial charge in [0.25, 0.3) is 0 Å². The lowest BCUT2D eigenvalue weighted by Gasteiger charge is -2.35. The van der Waals surface area contributed by atoms with Crippen molar-refractivity contribution in [2.45, 2.75) is 42.3 Å². The first kappa shape index (κ1) is 27.7. The van der Waals surface area contributed by atoms with Crippen LogP contribution in [0.3, 0.4) is 0 Å². The number of aromatic nitrogens is 1. The number of carbonyl (C=O) groups is 2. The number of aliphatic imine (C=N–C) groups is 2. The van der Waals surface area contributed by atoms with Gasteiger partial charge in [0.1, 0.15) is 5.71 Å². The molecule has 13 heteroatoms. The van der Waals surface area contributed by atoms with Crippen LogP contribution in [0.1, 0.15) is 40.6 Å². The van der Waals surface area contributed by atoms with E-state index in [2.05, 4.69) is 9.98 Å². The van der Waals surface area contributed by atoms with Crippen LogP contribution in [0.2, 0.25) is 0 Å². The summed E-state index contributed by atoms with van der Waals surface area (Å²) in [5.41, 5.74) is 4.19. The number of nitrogens with zero attached hydrogens (tertiary/aromatic N) is 4. The predicted octanol–water partition coefficient (Wildman–Crippen LogP) is 4.55. The summed E-state index contributed by atoms with van der Waals surface area (Å²) < 4.78 is 36.2. The van der Waals surface area contributed by atoms with Crippen LogP contribution in [-0.4, -0.2) is 85.1 Å². The molecular weight excluding hydrogens is 569 g/mol. The Morgan fingerprint density at radius 1 is 0.927 bits per heavy atom. The van der Waals surface area contributed by atoms with E-state index in [-0.39, 0.29) is 11.5 Å². The molecule has 4 aliphatic rings. The maximum absolute atomic E-state index is 17.0. The van der Waals surface area contributed by atoms with Crippen molar-refractivity contribution in [2.75, 3.05) is 11.5 Å². The summed E-state index contributed by atoms with van der Waals surface area (Å²) in [5, 5.41) is 18.1. The minimum Gasteiger partial charge on any atom is -0.480 e. The van der Waals surface area contributed by atoms with Crippen molar-refractivity contribution >= 4 is 66.1 Å². The molecule has 0 saturated carbocycles. The molecule has 0 fully saturated rings. The van der Waals surface area contributed by atoms with Crippen molar-refractivity contribution in [2.24, 2.45) is 9.98 Å². The summed E-state index contributed by atoms with van der Waals surface area (Å²) in [6.45, 7) is -2.38. The predicted molar refractivity (Wildman–Crippen MR) is 160 cm³/mol. The number of thioether (sulfide) groups is 2. The largest absolute Gasteiger partial charge is 0.737 e. The number of hydrogen-bond donors (Lipinski definition) is 2. The molecule has 8 nitrogen and oxygen atoms in total. The number of aryl methyl sites for hydroxylation is 1. The molecule has 6 rings (SSSR count). The summed E-state index contributed by atoms with van der Waals surface area (Å²) in [7, 11) is 0. The van der Waals surface area contributed by atoms with Gasteiger partial charge in [-0.2, -0.15) is 0 Å². The molecule has 4 atom stereocenters. The van der Waals surface area contributed by atoms with E-state index < -0.39 is 41.5 Å². The van der Waals surface area contributed by atoms with Crippen LogP contribution in [0.4, 0.5) is 8.63 Å². The zero-order valence-corrected chi connectivity index (χ0v) is 23.7. The Balaban J connectivity index is 1.49. The molecule has 5 heterocycles. The second kappa shape index (κ2) is 10.8. The van der Waals surface area contributed by atoms with Crippen LogP contribution in [-0.2, 0) is 9.59 Å². The highest BCUT2D eigenvalue weighted by atomic mass is 32.2. The van der Waals surface area contributed by atoms with Gasteiger partial charge in [0, 0.05) is 59.1 Å². The molecule has 0 radical (unpaired) electrons. The standard InChI is InChI=1S/C28H27BF2N4O4S2/c1-16-2-4-17(5-3-16)26-22-8-6-20(24-10-12-32-18(14-40-24)27(36)37)34(22)29(30,31)35-21(7-9-23(26)35)25-11-13-33-19(15-41-25)28(38)39/h2-9,12-13,18-19,24-25H,10-11,14-15H2,1H3,(H,36,37)(H,38,39)/t18-,19-,24?,25?/m0/s1. The lowest BCUT2D eigenvalue weighted by molar-refractivity contribution is -0.362. The maximum atomic E-state index is 17.0. The van der Waals surface area contributed by atoms with Crippen LogP contribution in [0, 0.1) is 6.92 Å². The third-order valence-corrected chi connectivity index (χ3v) is 10.4. The van der Waals surface area contributed by atoms with Gasteiger partial charge in [0.15, 0.2) is 17.8 Å². The van der Waals surface area contributed by atoms with Crippen molar-refractivity contribution in [1.29, 1.82) is 0 Å². The number of carboxylic acids is 2. The fourth-order valence-corrected chi connectivity index (χ4v) is 8.16. The van der Waals surface area contributed by atoms with Crippen LogP contribution in [0.25, 0.3) is 5.57 Å². The topological polar surface area (TPSA) is 107 Å². The molecule has 0 saturated heterocycles. The Morgan fingerprint density at radius 3 is 2.17 bits per heavy atom. The molecule has 0 spiro atoms. The number of allylic oxidation sites excluding steroid dienone is 2. The minimum absolute atomic E-state index is 0.187. The van der Waals surface area contributed by atoms with E-state index in [9.17, 15) is 19.8 Å². The summed E-state index contributed by atoms with van der Waals surface area (Å²) in [6.07, 6.45) is 7.20. The summed E-state index contributed by atoms with van der Waals surface area (Å²) >= 11 is 2.65. The van der Waals surface area contributed by atoms with Gasteiger partial charge in [-0.15, -0.1) is 23.5 Å². The molecule has 1 aromatic heterocycles. The Bertz CT molecular complexity index is 1580. The smallest absolute Gasteiger partial charge is 0.480 e. The normalized spacial score (nSPS) is 26.9. The van der Waals surface area contributed by atoms with Crippen molar-refractivity contribution in [3.8, 4) is 0 Å². The molecule has 41 heavy (non-hydrogen) atoms. The summed E-state index contributed by atoms with van der Waals surface area (Å²) in [6, 6.07) is 9.42. The van der Waals surface area contributed by atoms with Gasteiger partial charge < -0.3 is 27.8 Å². The number of benzene rings is 1. The molecule has 0 amide bonds. The van der Waals surface area contributed by atoms with Crippen molar-refractivity contribution in [3.05, 3.63) is 76.8 Å². The van der Waals surface area contributed by atoms with Crippen molar-refractivity contribution in [1.82, 2.24) is 4.48 Å². The molecule has 1 aromatic carbocycles. The zero-order valence-electron chi connectivity index (χ0n) is 22.1. The first-order valence-electron chi connectivity index (χ1n) is 13.3. The number of aliphatic carboxylic acids is 2. The third kappa shape index (κ3) is 4.88. The second-order valence-corrected chi connectivity index (χ2v) is 12.8. The molecule has 0 aliphatic carbocycles. The summed E-state index contributed by atoms with van der Waals surface area (Å²) in [5.74, 6) is -1.69. The van der Waals surface area contributed by atoms with E-state index in [1.807, 2.05) is 31.2 Å². The number of fused-ring (bicyclic) bond motifs is 2. The molecule has 2 aromatic rings. The van der Waals surface area contributed by atoms with E-state index in [1.54, 1.807) is 24.3 Å². The SMILES string of the molecule is Cc1ccc(C2=C3C=CC(C4CC=N[C@H](C(=O)O)CS4)=[N+]3[B-](F)(F)n3c2ccc3C2CC=N[C@H](C(=O)O)CS2)cc1. The second-order valence-electron chi connectivity index (χ2n) is 10.3. The molecule has 2 N–H and O–H groups in total. The van der Waals surface area contributed by atoms with Crippen LogP contribution < -0.4 is 0 Å². The number of carboxylic acid groups (broad SMARTS) is 2. The monoisotopic (exact) mass is 596 g/mol. The van der Waals surface area contributed by atoms with E-state index >= 15 is 8.63 Å². The van der Waals surface area contributed by atoms with Gasteiger partial charge in [-0.25, -0.2) is 9.59 Å². The Labute approximate surface area is 243 Å². The third-order valence-electron chi connectivity index (χ3n) is 7.72. The highest BCUT2D eigenvalue weighted by molar-refractivity contribution is 8.00. The molecular formula is C28H27BF2N4O4S2. The first-order valence-corrected chi connectivity index (χ1v) is 15.4. The van der Waals surface area contributed by atoms with Gasteiger partial charge in [0.2, 0.25) is 0 Å². The Kier molecular flexibility index (Phi) is 7.27. The molecule has 212 valence electrons. The van der Waals surface area contributed by atoms with Gasteiger partial charge >= 0.3 is 18.9 Å². The maximum Gasteiger partial charge on any atom is 0.737 e.